The number of halogens is 1. The van der Waals surface area contributed by atoms with Gasteiger partial charge in [0.25, 0.3) is 10.8 Å². The monoisotopic (exact) mass is 548 g/mol. The highest BCUT2D eigenvalue weighted by Crippen LogP contribution is 2.34. The molecule has 0 amide bonds. The molecule has 12 heteroatoms. The number of hydrogen-bond acceptors (Lipinski definition) is 9. The van der Waals surface area contributed by atoms with E-state index in [0.717, 1.165) is 37.4 Å². The molecule has 2 aromatic carbocycles. The van der Waals surface area contributed by atoms with Gasteiger partial charge in [0.1, 0.15) is 11.4 Å². The van der Waals surface area contributed by atoms with Crippen molar-refractivity contribution in [2.75, 3.05) is 5.73 Å². The molecule has 2 N–H and O–H groups in total. The van der Waals surface area contributed by atoms with E-state index in [1.807, 2.05) is 42.5 Å². The van der Waals surface area contributed by atoms with Crippen molar-refractivity contribution in [2.24, 2.45) is 14.1 Å². The minimum Gasteiger partial charge on any atom is -0.411 e. The third-order valence-corrected chi connectivity index (χ3v) is 7.28. The van der Waals surface area contributed by atoms with E-state index in [-0.39, 0.29) is 22.5 Å². The lowest BCUT2D eigenvalue weighted by Gasteiger charge is -2.13. The van der Waals surface area contributed by atoms with E-state index in [9.17, 15) is 14.4 Å². The van der Waals surface area contributed by atoms with Gasteiger partial charge in [-0.1, -0.05) is 53.7 Å². The normalized spacial score (nSPS) is 12.1. The highest BCUT2D eigenvalue weighted by atomic mass is 35.5. The summed E-state index contributed by atoms with van der Waals surface area (Å²) in [4.78, 5) is 42.6. The molecule has 3 heterocycles. The number of rotatable bonds is 6. The van der Waals surface area contributed by atoms with Crippen LogP contribution in [0.3, 0.4) is 0 Å². The van der Waals surface area contributed by atoms with Crippen LogP contribution in [0.1, 0.15) is 17.3 Å². The Hall–Kier alpha value is -4.22. The number of benzene rings is 2. The van der Waals surface area contributed by atoms with Gasteiger partial charge in [0, 0.05) is 30.1 Å². The first-order valence-electron chi connectivity index (χ1n) is 11.4. The van der Waals surface area contributed by atoms with Gasteiger partial charge in [-0.25, -0.2) is 9.78 Å². The molecule has 0 saturated heterocycles. The summed E-state index contributed by atoms with van der Waals surface area (Å²) in [5, 5.41) is 9.09. The van der Waals surface area contributed by atoms with Gasteiger partial charge in [0.2, 0.25) is 5.89 Å². The molecule has 0 bridgehead atoms. The Morgan fingerprint density at radius 3 is 2.50 bits per heavy atom. The summed E-state index contributed by atoms with van der Waals surface area (Å²) in [6, 6.07) is 16.8. The van der Waals surface area contributed by atoms with Gasteiger partial charge in [-0.3, -0.25) is 18.7 Å². The molecule has 0 saturated carbocycles. The third kappa shape index (κ3) is 4.50. The number of nitrogens with two attached hydrogens (primary N) is 1. The molecule has 3 aromatic heterocycles. The SMILES string of the molecule is C[C@H](Sc1nnc(-c2cc(-c3ccc(Cl)cc3)nc3ccccc23)o1)C(=O)c1c(N)n(C)c(=O)n(C)c1=O. The zero-order valence-corrected chi connectivity index (χ0v) is 22.1. The van der Waals surface area contributed by atoms with Crippen molar-refractivity contribution in [3.63, 3.8) is 0 Å². The number of pyridine rings is 1. The highest BCUT2D eigenvalue weighted by molar-refractivity contribution is 8.00. The molecule has 0 aliphatic carbocycles. The van der Waals surface area contributed by atoms with Crippen LogP contribution in [-0.4, -0.2) is 35.3 Å². The second kappa shape index (κ2) is 9.92. The molecule has 0 aliphatic heterocycles. The van der Waals surface area contributed by atoms with Gasteiger partial charge in [0.05, 0.1) is 22.0 Å². The van der Waals surface area contributed by atoms with E-state index in [0.29, 0.717) is 16.3 Å². The minimum absolute atomic E-state index is 0.134. The van der Waals surface area contributed by atoms with Crippen LogP contribution in [0.5, 0.6) is 0 Å². The van der Waals surface area contributed by atoms with Crippen molar-refractivity contribution in [2.45, 2.75) is 17.4 Å². The van der Waals surface area contributed by atoms with Crippen LogP contribution in [0.2, 0.25) is 5.02 Å². The fraction of sp³-hybridized carbons (Fsp3) is 0.154. The molecule has 192 valence electrons. The van der Waals surface area contributed by atoms with Crippen LogP contribution < -0.4 is 17.0 Å². The maximum Gasteiger partial charge on any atom is 0.332 e. The average molecular weight is 549 g/mol. The molecular weight excluding hydrogens is 528 g/mol. The Balaban J connectivity index is 1.49. The number of para-hydroxylation sites is 1. The van der Waals surface area contributed by atoms with Gasteiger partial charge in [-0.2, -0.15) is 0 Å². The second-order valence-electron chi connectivity index (χ2n) is 8.54. The van der Waals surface area contributed by atoms with Crippen LogP contribution in [0.4, 0.5) is 5.82 Å². The second-order valence-corrected chi connectivity index (χ2v) is 10.3. The number of hydrogen-bond donors (Lipinski definition) is 1. The molecule has 0 unspecified atom stereocenters. The highest BCUT2D eigenvalue weighted by Gasteiger charge is 2.27. The van der Waals surface area contributed by atoms with Crippen molar-refractivity contribution in [3.05, 3.63) is 86.0 Å². The van der Waals surface area contributed by atoms with E-state index in [1.54, 1.807) is 19.1 Å². The Kier molecular flexibility index (Phi) is 6.64. The molecular formula is C26H21ClN6O4S. The van der Waals surface area contributed by atoms with Crippen LogP contribution >= 0.6 is 23.4 Å². The molecule has 10 nitrogen and oxygen atoms in total. The fourth-order valence-corrected chi connectivity index (χ4v) is 4.85. The first-order valence-corrected chi connectivity index (χ1v) is 12.7. The third-order valence-electron chi connectivity index (χ3n) is 6.10. The number of nitrogens with zero attached hydrogens (tertiary/aromatic N) is 5. The summed E-state index contributed by atoms with van der Waals surface area (Å²) < 4.78 is 7.85. The lowest BCUT2D eigenvalue weighted by molar-refractivity contribution is 0.0991. The van der Waals surface area contributed by atoms with E-state index >= 15 is 0 Å². The van der Waals surface area contributed by atoms with Crippen LogP contribution in [-0.2, 0) is 14.1 Å². The molecule has 38 heavy (non-hydrogen) atoms. The maximum atomic E-state index is 13.1. The Morgan fingerprint density at radius 2 is 1.76 bits per heavy atom. The van der Waals surface area contributed by atoms with Crippen LogP contribution in [0.15, 0.2) is 73.8 Å². The Morgan fingerprint density at radius 1 is 1.05 bits per heavy atom. The van der Waals surface area contributed by atoms with Gasteiger partial charge in [0.15, 0.2) is 5.78 Å². The minimum atomic E-state index is -0.797. The fourth-order valence-electron chi connectivity index (χ4n) is 3.99. The Bertz CT molecular complexity index is 1830. The lowest BCUT2D eigenvalue weighted by atomic mass is 10.0. The van der Waals surface area contributed by atoms with Gasteiger partial charge >= 0.3 is 5.69 Å². The number of carbonyl (C=O) groups excluding carboxylic acids is 1. The quantitative estimate of drug-likeness (QED) is 0.247. The number of nitrogen functional groups attached to an aromatic ring is 1. The van der Waals surface area contributed by atoms with Gasteiger partial charge < -0.3 is 10.2 Å². The number of ketones is 1. The summed E-state index contributed by atoms with van der Waals surface area (Å²) in [7, 11) is 2.69. The molecule has 1 atom stereocenters. The van der Waals surface area contributed by atoms with E-state index in [4.69, 9.17) is 26.7 Å². The standard InChI is InChI=1S/C26H21ClN6O4S/c1-13(21(34)20-22(28)32(2)26(36)33(3)24(20)35)38-25-31-30-23(37-25)17-12-19(14-8-10-15(27)11-9-14)29-18-7-5-4-6-16(17)18/h4-13H,28H2,1-3H3/t13-/m0/s1. The summed E-state index contributed by atoms with van der Waals surface area (Å²) in [5.74, 6) is -0.499. The summed E-state index contributed by atoms with van der Waals surface area (Å²) in [6.07, 6.45) is 0. The summed E-state index contributed by atoms with van der Waals surface area (Å²) in [6.45, 7) is 1.60. The zero-order chi connectivity index (χ0) is 27.1. The van der Waals surface area contributed by atoms with E-state index in [2.05, 4.69) is 10.2 Å². The molecule has 0 spiro atoms. The van der Waals surface area contributed by atoms with E-state index < -0.39 is 22.3 Å². The Labute approximate surface area is 225 Å². The topological polar surface area (TPSA) is 139 Å². The smallest absolute Gasteiger partial charge is 0.332 e. The number of carbonyl (C=O) groups is 1. The predicted octanol–water partition coefficient (Wildman–Crippen LogP) is 3.95. The number of fused-ring (bicyclic) bond motifs is 1. The number of anilines is 1. The summed E-state index contributed by atoms with van der Waals surface area (Å²) in [5.41, 5.74) is 7.29. The van der Waals surface area contributed by atoms with Gasteiger partial charge in [-0.05, 0) is 31.2 Å². The van der Waals surface area contributed by atoms with Crippen LogP contribution in [0, 0.1) is 0 Å². The largest absolute Gasteiger partial charge is 0.411 e. The van der Waals surface area contributed by atoms with Crippen molar-refractivity contribution in [3.8, 4) is 22.7 Å². The molecule has 0 radical (unpaired) electrons. The maximum absolute atomic E-state index is 13.1. The van der Waals surface area contributed by atoms with Crippen molar-refractivity contribution < 1.29 is 9.21 Å². The van der Waals surface area contributed by atoms with E-state index in [1.165, 1.54) is 14.1 Å². The van der Waals surface area contributed by atoms with Crippen molar-refractivity contribution in [1.82, 2.24) is 24.3 Å². The molecule has 0 fully saturated rings. The first-order chi connectivity index (χ1) is 18.2. The van der Waals surface area contributed by atoms with Crippen LogP contribution in [0.25, 0.3) is 33.6 Å². The molecule has 5 aromatic rings. The molecule has 0 aliphatic rings. The van der Waals surface area contributed by atoms with Crippen molar-refractivity contribution in [1.29, 1.82) is 0 Å². The first kappa shape index (κ1) is 25.4. The number of thioether (sulfide) groups is 1. The summed E-state index contributed by atoms with van der Waals surface area (Å²) >= 11 is 7.04. The van der Waals surface area contributed by atoms with Gasteiger partial charge in [-0.15, -0.1) is 10.2 Å². The lowest BCUT2D eigenvalue weighted by Crippen LogP contribution is -2.42. The zero-order valence-electron chi connectivity index (χ0n) is 20.5. The average Bonchev–Trinajstić information content (AvgIpc) is 3.38. The predicted molar refractivity (Wildman–Crippen MR) is 146 cm³/mol. The molecule has 5 rings (SSSR count). The number of aromatic nitrogens is 5. The number of Topliss-reactive ketones (excluding diaryl/α,β-unsaturated/α-hetero) is 1. The van der Waals surface area contributed by atoms with Crippen molar-refractivity contribution >= 4 is 45.9 Å².